The topological polar surface area (TPSA) is 15.3 Å². The van der Waals surface area contributed by atoms with Gasteiger partial charge in [0.2, 0.25) is 0 Å². The Morgan fingerprint density at radius 2 is 1.89 bits per heavy atom. The zero-order chi connectivity index (χ0) is 13.4. The third-order valence-electron chi connectivity index (χ3n) is 4.23. The standard InChI is InChI=1S/C15H20F2N2/c1-10-7-18-15(12-2-3-12)9-19(10)8-11-4-13(16)6-14(17)5-11/h4-6,10,12,15,18H,2-3,7-9H2,1H3. The number of rotatable bonds is 3. The van der Waals surface area contributed by atoms with E-state index in [-0.39, 0.29) is 0 Å². The SMILES string of the molecule is CC1CNC(C2CC2)CN1Cc1cc(F)cc(F)c1. The van der Waals surface area contributed by atoms with Crippen molar-refractivity contribution in [3.63, 3.8) is 0 Å². The van der Waals surface area contributed by atoms with Gasteiger partial charge in [-0.2, -0.15) is 0 Å². The molecule has 19 heavy (non-hydrogen) atoms. The largest absolute Gasteiger partial charge is 0.311 e. The molecule has 2 unspecified atom stereocenters. The van der Waals surface area contributed by atoms with E-state index in [4.69, 9.17) is 0 Å². The van der Waals surface area contributed by atoms with Gasteiger partial charge in [-0.05, 0) is 43.4 Å². The molecule has 2 atom stereocenters. The van der Waals surface area contributed by atoms with Crippen molar-refractivity contribution in [2.45, 2.75) is 38.4 Å². The lowest BCUT2D eigenvalue weighted by molar-refractivity contribution is 0.125. The van der Waals surface area contributed by atoms with Crippen molar-refractivity contribution >= 4 is 0 Å². The van der Waals surface area contributed by atoms with Crippen molar-refractivity contribution in [3.05, 3.63) is 35.4 Å². The lowest BCUT2D eigenvalue weighted by Gasteiger charge is -2.39. The molecule has 2 fully saturated rings. The third kappa shape index (κ3) is 3.12. The Balaban J connectivity index is 1.69. The van der Waals surface area contributed by atoms with Crippen molar-refractivity contribution in [3.8, 4) is 0 Å². The van der Waals surface area contributed by atoms with Crippen LogP contribution >= 0.6 is 0 Å². The van der Waals surface area contributed by atoms with E-state index in [0.717, 1.165) is 30.6 Å². The predicted molar refractivity (Wildman–Crippen MR) is 70.7 cm³/mol. The summed E-state index contributed by atoms with van der Waals surface area (Å²) in [6, 6.07) is 4.75. The molecule has 1 heterocycles. The first kappa shape index (κ1) is 13.0. The van der Waals surface area contributed by atoms with Gasteiger partial charge < -0.3 is 5.32 Å². The van der Waals surface area contributed by atoms with Crippen LogP contribution in [0.25, 0.3) is 0 Å². The van der Waals surface area contributed by atoms with Crippen LogP contribution in [0, 0.1) is 17.6 Å². The van der Waals surface area contributed by atoms with Gasteiger partial charge in [0.1, 0.15) is 11.6 Å². The molecule has 1 aromatic carbocycles. The normalized spacial score (nSPS) is 28.6. The number of halogens is 2. The Morgan fingerprint density at radius 1 is 1.21 bits per heavy atom. The molecule has 0 radical (unpaired) electrons. The van der Waals surface area contributed by atoms with Crippen molar-refractivity contribution in [2.75, 3.05) is 13.1 Å². The lowest BCUT2D eigenvalue weighted by Crippen LogP contribution is -2.55. The first-order valence-corrected chi connectivity index (χ1v) is 7.04. The quantitative estimate of drug-likeness (QED) is 0.904. The van der Waals surface area contributed by atoms with E-state index < -0.39 is 11.6 Å². The van der Waals surface area contributed by atoms with Gasteiger partial charge >= 0.3 is 0 Å². The minimum absolute atomic E-state index is 0.404. The summed E-state index contributed by atoms with van der Waals surface area (Å²) in [6.07, 6.45) is 2.63. The fourth-order valence-corrected chi connectivity index (χ4v) is 2.92. The van der Waals surface area contributed by atoms with Crippen LogP contribution in [-0.2, 0) is 6.54 Å². The van der Waals surface area contributed by atoms with Crippen LogP contribution in [0.15, 0.2) is 18.2 Å². The van der Waals surface area contributed by atoms with Crippen molar-refractivity contribution in [1.29, 1.82) is 0 Å². The van der Waals surface area contributed by atoms with Crippen LogP contribution in [0.5, 0.6) is 0 Å². The van der Waals surface area contributed by atoms with Crippen LogP contribution in [0.2, 0.25) is 0 Å². The van der Waals surface area contributed by atoms with Crippen LogP contribution < -0.4 is 5.32 Å². The third-order valence-corrected chi connectivity index (χ3v) is 4.23. The van der Waals surface area contributed by atoms with Crippen molar-refractivity contribution < 1.29 is 8.78 Å². The molecule has 1 aliphatic carbocycles. The molecular formula is C15H20F2N2. The summed E-state index contributed by atoms with van der Waals surface area (Å²) in [7, 11) is 0. The minimum Gasteiger partial charge on any atom is -0.311 e. The number of benzene rings is 1. The molecule has 1 saturated heterocycles. The van der Waals surface area contributed by atoms with Crippen LogP contribution in [0.3, 0.4) is 0 Å². The summed E-state index contributed by atoms with van der Waals surface area (Å²) >= 11 is 0. The van der Waals surface area contributed by atoms with E-state index in [1.807, 2.05) is 0 Å². The van der Waals surface area contributed by atoms with E-state index in [9.17, 15) is 8.78 Å². The predicted octanol–water partition coefficient (Wildman–Crippen LogP) is 2.54. The van der Waals surface area contributed by atoms with Crippen molar-refractivity contribution in [1.82, 2.24) is 10.2 Å². The highest BCUT2D eigenvalue weighted by Crippen LogP contribution is 2.34. The molecule has 0 amide bonds. The van der Waals surface area contributed by atoms with Gasteiger partial charge in [-0.25, -0.2) is 8.78 Å². The smallest absolute Gasteiger partial charge is 0.126 e. The van der Waals surface area contributed by atoms with E-state index in [0.29, 0.717) is 18.6 Å². The molecule has 0 aromatic heterocycles. The summed E-state index contributed by atoms with van der Waals surface area (Å²) in [5.74, 6) is -0.174. The van der Waals surface area contributed by atoms with Crippen molar-refractivity contribution in [2.24, 2.45) is 5.92 Å². The van der Waals surface area contributed by atoms with E-state index >= 15 is 0 Å². The molecule has 0 spiro atoms. The van der Waals surface area contributed by atoms with Gasteiger partial charge in [0, 0.05) is 37.8 Å². The second-order valence-electron chi connectivity index (χ2n) is 5.91. The Labute approximate surface area is 112 Å². The first-order valence-electron chi connectivity index (χ1n) is 7.04. The van der Waals surface area contributed by atoms with Gasteiger partial charge in [-0.15, -0.1) is 0 Å². The molecule has 1 aliphatic heterocycles. The summed E-state index contributed by atoms with van der Waals surface area (Å²) < 4.78 is 26.4. The lowest BCUT2D eigenvalue weighted by atomic mass is 10.0. The molecule has 2 nitrogen and oxygen atoms in total. The molecule has 4 heteroatoms. The Bertz CT molecular complexity index is 439. The molecule has 3 rings (SSSR count). The maximum absolute atomic E-state index is 13.2. The zero-order valence-electron chi connectivity index (χ0n) is 11.2. The maximum Gasteiger partial charge on any atom is 0.126 e. The van der Waals surface area contributed by atoms with Crippen LogP contribution in [0.1, 0.15) is 25.3 Å². The Morgan fingerprint density at radius 3 is 2.53 bits per heavy atom. The second kappa shape index (κ2) is 5.17. The fourth-order valence-electron chi connectivity index (χ4n) is 2.92. The monoisotopic (exact) mass is 266 g/mol. The molecule has 1 N–H and O–H groups in total. The molecule has 1 aromatic rings. The van der Waals surface area contributed by atoms with Gasteiger partial charge in [-0.3, -0.25) is 4.90 Å². The number of hydrogen-bond donors (Lipinski definition) is 1. The molecular weight excluding hydrogens is 246 g/mol. The van der Waals surface area contributed by atoms with E-state index in [1.165, 1.54) is 25.0 Å². The van der Waals surface area contributed by atoms with Crippen LogP contribution in [0.4, 0.5) is 8.78 Å². The number of nitrogens with one attached hydrogen (secondary N) is 1. The second-order valence-corrected chi connectivity index (χ2v) is 5.91. The number of piperazine rings is 1. The average Bonchev–Trinajstić information content (AvgIpc) is 3.14. The highest BCUT2D eigenvalue weighted by molar-refractivity contribution is 5.18. The first-order chi connectivity index (χ1) is 9.11. The van der Waals surface area contributed by atoms with Crippen LogP contribution in [-0.4, -0.2) is 30.1 Å². The highest BCUT2D eigenvalue weighted by atomic mass is 19.1. The highest BCUT2D eigenvalue weighted by Gasteiger charge is 2.35. The molecule has 0 bridgehead atoms. The number of nitrogens with zero attached hydrogens (tertiary/aromatic N) is 1. The van der Waals surface area contributed by atoms with E-state index in [1.54, 1.807) is 0 Å². The van der Waals surface area contributed by atoms with Gasteiger partial charge in [0.15, 0.2) is 0 Å². The zero-order valence-corrected chi connectivity index (χ0v) is 11.2. The number of hydrogen-bond acceptors (Lipinski definition) is 2. The molecule has 2 aliphatic rings. The molecule has 1 saturated carbocycles. The van der Waals surface area contributed by atoms with E-state index in [2.05, 4.69) is 17.1 Å². The fraction of sp³-hybridized carbons (Fsp3) is 0.600. The summed E-state index contributed by atoms with van der Waals surface area (Å²) in [4.78, 5) is 2.33. The minimum atomic E-state index is -0.489. The van der Waals surface area contributed by atoms with Gasteiger partial charge in [0.25, 0.3) is 0 Å². The molecule has 104 valence electrons. The van der Waals surface area contributed by atoms with Gasteiger partial charge in [0.05, 0.1) is 0 Å². The Hall–Kier alpha value is -1.00. The average molecular weight is 266 g/mol. The summed E-state index contributed by atoms with van der Waals surface area (Å²) in [6.45, 7) is 4.72. The summed E-state index contributed by atoms with van der Waals surface area (Å²) in [5.41, 5.74) is 0.723. The Kier molecular flexibility index (Phi) is 3.54. The summed E-state index contributed by atoms with van der Waals surface area (Å²) in [5, 5.41) is 3.58. The van der Waals surface area contributed by atoms with Gasteiger partial charge in [-0.1, -0.05) is 0 Å². The maximum atomic E-state index is 13.2.